The average molecular weight is 256 g/mol. The number of fused-ring (bicyclic) bond motifs is 1. The van der Waals surface area contributed by atoms with E-state index in [4.69, 9.17) is 4.42 Å². The zero-order chi connectivity index (χ0) is 13.2. The summed E-state index contributed by atoms with van der Waals surface area (Å²) in [5.74, 6) is 0.934. The summed E-state index contributed by atoms with van der Waals surface area (Å²) in [4.78, 5) is 4.38. The third-order valence-corrected chi connectivity index (χ3v) is 3.07. The predicted octanol–water partition coefficient (Wildman–Crippen LogP) is 2.48. The molecule has 98 valence electrons. The second kappa shape index (κ2) is 4.85. The van der Waals surface area contributed by atoms with E-state index in [-0.39, 0.29) is 6.04 Å². The second-order valence-corrected chi connectivity index (χ2v) is 4.67. The Bertz CT molecular complexity index is 672. The Morgan fingerprint density at radius 3 is 3.16 bits per heavy atom. The highest BCUT2D eigenvalue weighted by atomic mass is 16.3. The standard InChI is InChI=1S/C14H16N4O/c1-10-6-14-16-8-12(9-18(14)17-10)7-15-11(2)13-4-3-5-19-13/h3-6,8-9,11,15H,7H2,1-2H3/t11-/m1/s1. The topological polar surface area (TPSA) is 55.4 Å². The van der Waals surface area contributed by atoms with Crippen LogP contribution in [-0.2, 0) is 6.54 Å². The number of hydrogen-bond acceptors (Lipinski definition) is 4. The molecule has 0 aromatic carbocycles. The van der Waals surface area contributed by atoms with Gasteiger partial charge in [-0.15, -0.1) is 0 Å². The summed E-state index contributed by atoms with van der Waals surface area (Å²) in [6, 6.07) is 6.00. The van der Waals surface area contributed by atoms with Crippen LogP contribution in [0.5, 0.6) is 0 Å². The minimum atomic E-state index is 0.171. The van der Waals surface area contributed by atoms with Gasteiger partial charge in [0.15, 0.2) is 5.65 Å². The molecule has 1 atom stereocenters. The highest BCUT2D eigenvalue weighted by Crippen LogP contribution is 2.13. The van der Waals surface area contributed by atoms with E-state index < -0.39 is 0 Å². The van der Waals surface area contributed by atoms with Crippen molar-refractivity contribution in [3.63, 3.8) is 0 Å². The van der Waals surface area contributed by atoms with Crippen LogP contribution in [0.15, 0.2) is 41.3 Å². The van der Waals surface area contributed by atoms with Crippen molar-refractivity contribution in [3.8, 4) is 0 Å². The van der Waals surface area contributed by atoms with E-state index in [1.54, 1.807) is 6.26 Å². The number of hydrogen-bond donors (Lipinski definition) is 1. The van der Waals surface area contributed by atoms with Crippen LogP contribution >= 0.6 is 0 Å². The molecule has 3 aromatic heterocycles. The molecular weight excluding hydrogens is 240 g/mol. The van der Waals surface area contributed by atoms with E-state index in [0.717, 1.165) is 29.2 Å². The maximum absolute atomic E-state index is 5.36. The number of aryl methyl sites for hydroxylation is 1. The summed E-state index contributed by atoms with van der Waals surface area (Å²) in [6.45, 7) is 4.76. The van der Waals surface area contributed by atoms with Gasteiger partial charge in [-0.2, -0.15) is 5.10 Å². The summed E-state index contributed by atoms with van der Waals surface area (Å²) in [5.41, 5.74) is 2.94. The molecule has 0 fully saturated rings. The summed E-state index contributed by atoms with van der Waals surface area (Å²) < 4.78 is 7.17. The van der Waals surface area contributed by atoms with Crippen molar-refractivity contribution < 1.29 is 4.42 Å². The molecule has 0 saturated carbocycles. The van der Waals surface area contributed by atoms with Gasteiger partial charge in [0.25, 0.3) is 0 Å². The van der Waals surface area contributed by atoms with Gasteiger partial charge in [-0.1, -0.05) is 0 Å². The number of furan rings is 1. The first kappa shape index (κ1) is 11.9. The molecular formula is C14H16N4O. The fourth-order valence-electron chi connectivity index (χ4n) is 2.03. The first-order chi connectivity index (χ1) is 9.22. The van der Waals surface area contributed by atoms with E-state index in [1.807, 2.05) is 42.0 Å². The van der Waals surface area contributed by atoms with Gasteiger partial charge in [0.1, 0.15) is 5.76 Å². The van der Waals surface area contributed by atoms with E-state index in [1.165, 1.54) is 0 Å². The molecule has 0 saturated heterocycles. The van der Waals surface area contributed by atoms with Gasteiger partial charge in [-0.3, -0.25) is 0 Å². The molecule has 1 N–H and O–H groups in total. The van der Waals surface area contributed by atoms with Gasteiger partial charge in [-0.25, -0.2) is 9.50 Å². The van der Waals surface area contributed by atoms with Crippen molar-refractivity contribution in [3.05, 3.63) is 53.9 Å². The minimum Gasteiger partial charge on any atom is -0.468 e. The van der Waals surface area contributed by atoms with E-state index >= 15 is 0 Å². The van der Waals surface area contributed by atoms with Gasteiger partial charge in [0, 0.05) is 30.6 Å². The largest absolute Gasteiger partial charge is 0.468 e. The third-order valence-electron chi connectivity index (χ3n) is 3.07. The van der Waals surface area contributed by atoms with Crippen LogP contribution in [0, 0.1) is 6.92 Å². The zero-order valence-electron chi connectivity index (χ0n) is 11.0. The molecule has 5 nitrogen and oxygen atoms in total. The molecule has 5 heteroatoms. The molecule has 0 radical (unpaired) electrons. The Labute approximate surface area is 111 Å². The van der Waals surface area contributed by atoms with Crippen molar-refractivity contribution in [2.45, 2.75) is 26.4 Å². The van der Waals surface area contributed by atoms with Gasteiger partial charge in [0.05, 0.1) is 18.0 Å². The smallest absolute Gasteiger partial charge is 0.155 e. The second-order valence-electron chi connectivity index (χ2n) is 4.67. The molecule has 0 aliphatic rings. The van der Waals surface area contributed by atoms with Crippen LogP contribution in [0.25, 0.3) is 5.65 Å². The molecule has 3 heterocycles. The lowest BCUT2D eigenvalue weighted by atomic mass is 10.2. The molecule has 0 aliphatic carbocycles. The molecule has 0 amide bonds. The van der Waals surface area contributed by atoms with E-state index in [0.29, 0.717) is 0 Å². The summed E-state index contributed by atoms with van der Waals surface area (Å²) in [6.07, 6.45) is 5.56. The molecule has 3 rings (SSSR count). The van der Waals surface area contributed by atoms with E-state index in [9.17, 15) is 0 Å². The molecule has 0 bridgehead atoms. The van der Waals surface area contributed by atoms with Crippen LogP contribution in [0.1, 0.15) is 30.0 Å². The van der Waals surface area contributed by atoms with Gasteiger partial charge >= 0.3 is 0 Å². The van der Waals surface area contributed by atoms with Crippen molar-refractivity contribution >= 4 is 5.65 Å². The predicted molar refractivity (Wildman–Crippen MR) is 71.7 cm³/mol. The maximum Gasteiger partial charge on any atom is 0.155 e. The molecule has 0 unspecified atom stereocenters. The summed E-state index contributed by atoms with van der Waals surface area (Å²) in [5, 5.41) is 7.76. The minimum absolute atomic E-state index is 0.171. The average Bonchev–Trinajstić information content (AvgIpc) is 3.03. The Morgan fingerprint density at radius 1 is 1.47 bits per heavy atom. The van der Waals surface area contributed by atoms with Crippen LogP contribution in [0.2, 0.25) is 0 Å². The lowest BCUT2D eigenvalue weighted by molar-refractivity contribution is 0.430. The molecule has 0 spiro atoms. The Kier molecular flexibility index (Phi) is 3.05. The van der Waals surface area contributed by atoms with Crippen molar-refractivity contribution in [2.75, 3.05) is 0 Å². The summed E-state index contributed by atoms with van der Waals surface area (Å²) >= 11 is 0. The summed E-state index contributed by atoms with van der Waals surface area (Å²) in [7, 11) is 0. The lowest BCUT2D eigenvalue weighted by Gasteiger charge is -2.11. The van der Waals surface area contributed by atoms with Crippen LogP contribution in [0.3, 0.4) is 0 Å². The first-order valence-corrected chi connectivity index (χ1v) is 6.30. The Hall–Kier alpha value is -2.14. The molecule has 0 aliphatic heterocycles. The monoisotopic (exact) mass is 256 g/mol. The van der Waals surface area contributed by atoms with Gasteiger partial charge in [-0.05, 0) is 26.0 Å². The molecule has 3 aromatic rings. The SMILES string of the molecule is Cc1cc2ncc(CN[C@H](C)c3ccco3)cn2n1. The third kappa shape index (κ3) is 2.51. The van der Waals surface area contributed by atoms with Crippen LogP contribution < -0.4 is 5.32 Å². The van der Waals surface area contributed by atoms with Crippen molar-refractivity contribution in [1.29, 1.82) is 0 Å². The normalized spacial score (nSPS) is 12.9. The first-order valence-electron chi connectivity index (χ1n) is 6.30. The number of rotatable bonds is 4. The van der Waals surface area contributed by atoms with Gasteiger partial charge < -0.3 is 9.73 Å². The van der Waals surface area contributed by atoms with E-state index in [2.05, 4.69) is 22.3 Å². The number of nitrogens with zero attached hydrogens (tertiary/aromatic N) is 3. The fraction of sp³-hybridized carbons (Fsp3) is 0.286. The van der Waals surface area contributed by atoms with Crippen molar-refractivity contribution in [2.24, 2.45) is 0 Å². The quantitative estimate of drug-likeness (QED) is 0.779. The lowest BCUT2D eigenvalue weighted by Crippen LogP contribution is -2.18. The zero-order valence-corrected chi connectivity index (χ0v) is 11.0. The van der Waals surface area contributed by atoms with Crippen molar-refractivity contribution in [1.82, 2.24) is 19.9 Å². The number of aromatic nitrogens is 3. The molecule has 19 heavy (non-hydrogen) atoms. The van der Waals surface area contributed by atoms with Crippen LogP contribution in [-0.4, -0.2) is 14.6 Å². The number of nitrogens with one attached hydrogen (secondary N) is 1. The van der Waals surface area contributed by atoms with Crippen LogP contribution in [0.4, 0.5) is 0 Å². The fourth-order valence-corrected chi connectivity index (χ4v) is 2.03. The maximum atomic E-state index is 5.36. The highest BCUT2D eigenvalue weighted by Gasteiger charge is 2.08. The van der Waals surface area contributed by atoms with Gasteiger partial charge in [0.2, 0.25) is 0 Å². The highest BCUT2D eigenvalue weighted by molar-refractivity contribution is 5.38. The Morgan fingerprint density at radius 2 is 2.37 bits per heavy atom. The Balaban J connectivity index is 1.71.